The summed E-state index contributed by atoms with van der Waals surface area (Å²) in [4.78, 5) is 8.80. The fourth-order valence-electron chi connectivity index (χ4n) is 1.89. The van der Waals surface area contributed by atoms with Gasteiger partial charge in [0.1, 0.15) is 17.5 Å². The molecule has 5 heteroatoms. The Morgan fingerprint density at radius 1 is 1.00 bits per heavy atom. The summed E-state index contributed by atoms with van der Waals surface area (Å²) in [6.45, 7) is 11.2. The lowest BCUT2D eigenvalue weighted by Gasteiger charge is -2.26. The Balaban J connectivity index is 2.89. The zero-order chi connectivity index (χ0) is 14.5. The summed E-state index contributed by atoms with van der Waals surface area (Å²) in [5, 5.41) is 16.8. The third-order valence-corrected chi connectivity index (χ3v) is 3.50. The Labute approximate surface area is 115 Å². The van der Waals surface area contributed by atoms with E-state index in [4.69, 9.17) is 0 Å². The van der Waals surface area contributed by atoms with E-state index in [2.05, 4.69) is 20.6 Å². The largest absolute Gasteiger partial charge is 0.388 e. The predicted octanol–water partition coefficient (Wildman–Crippen LogP) is 2.49. The van der Waals surface area contributed by atoms with Crippen LogP contribution in [0.4, 0.5) is 11.6 Å². The molecular weight excluding hydrogens is 240 g/mol. The number of aromatic nitrogens is 2. The van der Waals surface area contributed by atoms with Crippen molar-refractivity contribution >= 4 is 11.6 Å². The lowest BCUT2D eigenvalue weighted by atomic mass is 9.97. The standard InChI is InChI=1S/C14H26N4O/c1-6-14(19,7-2)9-16-13-10(4)12(15-8-3)17-11(5)18-13/h19H,6-9H2,1-5H3,(H2,15,16,17,18). The van der Waals surface area contributed by atoms with Crippen molar-refractivity contribution in [1.29, 1.82) is 0 Å². The third kappa shape index (κ3) is 4.06. The van der Waals surface area contributed by atoms with E-state index in [9.17, 15) is 5.11 Å². The fourth-order valence-corrected chi connectivity index (χ4v) is 1.89. The molecule has 0 spiro atoms. The number of nitrogens with zero attached hydrogens (tertiary/aromatic N) is 2. The van der Waals surface area contributed by atoms with Gasteiger partial charge in [-0.25, -0.2) is 9.97 Å². The molecule has 1 heterocycles. The Morgan fingerprint density at radius 2 is 1.53 bits per heavy atom. The summed E-state index contributed by atoms with van der Waals surface area (Å²) in [6, 6.07) is 0. The van der Waals surface area contributed by atoms with Crippen LogP contribution in [-0.2, 0) is 0 Å². The second-order valence-corrected chi connectivity index (χ2v) is 4.91. The van der Waals surface area contributed by atoms with E-state index in [1.165, 1.54) is 0 Å². The number of hydrogen-bond donors (Lipinski definition) is 3. The van der Waals surface area contributed by atoms with E-state index in [-0.39, 0.29) is 0 Å². The Kier molecular flexibility index (Phi) is 5.54. The lowest BCUT2D eigenvalue weighted by molar-refractivity contribution is 0.0456. The number of aliphatic hydroxyl groups is 1. The summed E-state index contributed by atoms with van der Waals surface area (Å²) in [6.07, 6.45) is 1.44. The van der Waals surface area contributed by atoms with Gasteiger partial charge in [0.15, 0.2) is 0 Å². The monoisotopic (exact) mass is 266 g/mol. The average molecular weight is 266 g/mol. The highest BCUT2D eigenvalue weighted by atomic mass is 16.3. The van der Waals surface area contributed by atoms with Crippen molar-refractivity contribution < 1.29 is 5.11 Å². The van der Waals surface area contributed by atoms with Crippen molar-refractivity contribution in [3.63, 3.8) is 0 Å². The summed E-state index contributed by atoms with van der Waals surface area (Å²) in [5.41, 5.74) is 0.311. The maximum absolute atomic E-state index is 10.3. The number of anilines is 2. The molecule has 0 aliphatic rings. The van der Waals surface area contributed by atoms with Crippen LogP contribution in [0, 0.1) is 13.8 Å². The summed E-state index contributed by atoms with van der Waals surface area (Å²) in [5.74, 6) is 2.37. The molecule has 1 aromatic rings. The summed E-state index contributed by atoms with van der Waals surface area (Å²) in [7, 11) is 0. The highest BCUT2D eigenvalue weighted by Gasteiger charge is 2.22. The maximum Gasteiger partial charge on any atom is 0.134 e. The van der Waals surface area contributed by atoms with Gasteiger partial charge < -0.3 is 15.7 Å². The quantitative estimate of drug-likeness (QED) is 0.707. The van der Waals surface area contributed by atoms with Gasteiger partial charge in [0.05, 0.1) is 5.60 Å². The molecule has 19 heavy (non-hydrogen) atoms. The van der Waals surface area contributed by atoms with Crippen molar-refractivity contribution in [1.82, 2.24) is 9.97 Å². The molecule has 0 aromatic carbocycles. The summed E-state index contributed by atoms with van der Waals surface area (Å²) >= 11 is 0. The zero-order valence-corrected chi connectivity index (χ0v) is 12.7. The summed E-state index contributed by atoms with van der Waals surface area (Å²) < 4.78 is 0. The van der Waals surface area contributed by atoms with Crippen molar-refractivity contribution in [3.8, 4) is 0 Å². The molecule has 0 saturated carbocycles. The van der Waals surface area contributed by atoms with E-state index >= 15 is 0 Å². The second kappa shape index (κ2) is 6.70. The SMILES string of the molecule is CCNc1nc(C)nc(NCC(O)(CC)CC)c1C. The molecule has 1 rings (SSSR count). The van der Waals surface area contributed by atoms with Crippen LogP contribution in [-0.4, -0.2) is 33.8 Å². The molecule has 108 valence electrons. The van der Waals surface area contributed by atoms with E-state index < -0.39 is 5.60 Å². The molecule has 0 saturated heterocycles. The topological polar surface area (TPSA) is 70.1 Å². The van der Waals surface area contributed by atoms with Crippen LogP contribution < -0.4 is 10.6 Å². The Bertz CT molecular complexity index is 416. The van der Waals surface area contributed by atoms with Crippen LogP contribution in [0.2, 0.25) is 0 Å². The maximum atomic E-state index is 10.3. The van der Waals surface area contributed by atoms with Gasteiger partial charge in [0, 0.05) is 18.7 Å². The van der Waals surface area contributed by atoms with E-state index in [0.29, 0.717) is 6.54 Å². The first-order chi connectivity index (χ1) is 8.95. The van der Waals surface area contributed by atoms with Gasteiger partial charge in [-0.3, -0.25) is 0 Å². The van der Waals surface area contributed by atoms with Crippen molar-refractivity contribution in [2.45, 2.75) is 53.1 Å². The van der Waals surface area contributed by atoms with E-state index in [1.807, 2.05) is 34.6 Å². The van der Waals surface area contributed by atoms with Gasteiger partial charge in [-0.05, 0) is 33.6 Å². The molecule has 0 atom stereocenters. The van der Waals surface area contributed by atoms with Crippen LogP contribution in [0.25, 0.3) is 0 Å². The van der Waals surface area contributed by atoms with E-state index in [1.54, 1.807) is 0 Å². The minimum Gasteiger partial charge on any atom is -0.388 e. The molecule has 0 amide bonds. The molecule has 0 bridgehead atoms. The van der Waals surface area contributed by atoms with Gasteiger partial charge in [-0.1, -0.05) is 13.8 Å². The van der Waals surface area contributed by atoms with Gasteiger partial charge in [-0.2, -0.15) is 0 Å². The minimum atomic E-state index is -0.677. The van der Waals surface area contributed by atoms with Gasteiger partial charge in [0.25, 0.3) is 0 Å². The first-order valence-corrected chi connectivity index (χ1v) is 7.01. The number of hydrogen-bond acceptors (Lipinski definition) is 5. The molecule has 0 fully saturated rings. The van der Waals surface area contributed by atoms with Crippen LogP contribution in [0.3, 0.4) is 0 Å². The first kappa shape index (κ1) is 15.7. The molecule has 5 nitrogen and oxygen atoms in total. The lowest BCUT2D eigenvalue weighted by Crippen LogP contribution is -2.35. The smallest absolute Gasteiger partial charge is 0.134 e. The Hall–Kier alpha value is -1.36. The molecule has 0 unspecified atom stereocenters. The Morgan fingerprint density at radius 3 is 2.00 bits per heavy atom. The van der Waals surface area contributed by atoms with Gasteiger partial charge >= 0.3 is 0 Å². The highest BCUT2D eigenvalue weighted by Crippen LogP contribution is 2.22. The first-order valence-electron chi connectivity index (χ1n) is 7.01. The molecule has 0 aliphatic heterocycles. The van der Waals surface area contributed by atoms with Crippen molar-refractivity contribution in [2.75, 3.05) is 23.7 Å². The molecule has 1 aromatic heterocycles. The van der Waals surface area contributed by atoms with Gasteiger partial charge in [0.2, 0.25) is 0 Å². The number of aryl methyl sites for hydroxylation is 1. The normalized spacial score (nSPS) is 11.5. The molecule has 3 N–H and O–H groups in total. The molecule has 0 aliphatic carbocycles. The predicted molar refractivity (Wildman–Crippen MR) is 79.7 cm³/mol. The van der Waals surface area contributed by atoms with Crippen LogP contribution in [0.15, 0.2) is 0 Å². The number of rotatable bonds is 7. The zero-order valence-electron chi connectivity index (χ0n) is 12.7. The minimum absolute atomic E-state index is 0.503. The highest BCUT2D eigenvalue weighted by molar-refractivity contribution is 5.57. The van der Waals surface area contributed by atoms with E-state index in [0.717, 1.165) is 42.4 Å². The molecular formula is C14H26N4O. The van der Waals surface area contributed by atoms with Gasteiger partial charge in [-0.15, -0.1) is 0 Å². The van der Waals surface area contributed by atoms with Crippen LogP contribution in [0.1, 0.15) is 45.0 Å². The third-order valence-electron chi connectivity index (χ3n) is 3.50. The van der Waals surface area contributed by atoms with Crippen molar-refractivity contribution in [2.24, 2.45) is 0 Å². The molecule has 0 radical (unpaired) electrons. The second-order valence-electron chi connectivity index (χ2n) is 4.91. The number of nitrogens with one attached hydrogen (secondary N) is 2. The fraction of sp³-hybridized carbons (Fsp3) is 0.714. The van der Waals surface area contributed by atoms with Crippen LogP contribution >= 0.6 is 0 Å². The average Bonchev–Trinajstić information content (AvgIpc) is 2.40. The van der Waals surface area contributed by atoms with Crippen LogP contribution in [0.5, 0.6) is 0 Å². The van der Waals surface area contributed by atoms with Crippen molar-refractivity contribution in [3.05, 3.63) is 11.4 Å².